The smallest absolute Gasteiger partial charge is 0.351 e. The second-order valence-corrected chi connectivity index (χ2v) is 12.8. The highest BCUT2D eigenvalue weighted by molar-refractivity contribution is 6.03. The standard InChI is InChI=1S/C42H41N3O11/c1-51-31-18-14-29(15-19-31)42(28-12-8-5-9-13-28,30-16-20-32(52-2)21-17-30)54-26-33-37(56-36(48)23-22-35(46)47)38(53-3)40(55-33)45-25-24-34(44-41(45)50)43-39(49)27-10-6-4-7-11-27/h4-21,24-25,33,37-38,40H,22-23,26H2,1-3H3,(H,46,47)(H,43,44,49,50)/t33-,37-,38-,40-/m1/s1. The Morgan fingerprint density at radius 1 is 0.768 bits per heavy atom. The van der Waals surface area contributed by atoms with Crippen LogP contribution in [-0.2, 0) is 34.1 Å². The van der Waals surface area contributed by atoms with Crippen LogP contribution in [0.4, 0.5) is 5.82 Å². The first-order valence-corrected chi connectivity index (χ1v) is 17.7. The summed E-state index contributed by atoms with van der Waals surface area (Å²) in [5.74, 6) is -1.16. The quantitative estimate of drug-likeness (QED) is 0.0994. The van der Waals surface area contributed by atoms with Crippen molar-refractivity contribution < 1.29 is 47.9 Å². The number of hydrogen-bond donors (Lipinski definition) is 2. The number of amides is 1. The third-order valence-corrected chi connectivity index (χ3v) is 9.39. The molecule has 4 aromatic carbocycles. The van der Waals surface area contributed by atoms with Crippen LogP contribution >= 0.6 is 0 Å². The molecular weight excluding hydrogens is 722 g/mol. The molecule has 0 unspecified atom stereocenters. The van der Waals surface area contributed by atoms with Gasteiger partial charge in [-0.3, -0.25) is 19.0 Å². The van der Waals surface area contributed by atoms with E-state index in [2.05, 4.69) is 10.3 Å². The summed E-state index contributed by atoms with van der Waals surface area (Å²) in [6, 6.07) is 34.3. The van der Waals surface area contributed by atoms with Gasteiger partial charge in [-0.05, 0) is 59.2 Å². The molecule has 0 bridgehead atoms. The fraction of sp³-hybridized carbons (Fsp3) is 0.262. The zero-order valence-electron chi connectivity index (χ0n) is 30.9. The normalized spacial score (nSPS) is 17.8. The lowest BCUT2D eigenvalue weighted by molar-refractivity contribution is -0.161. The van der Waals surface area contributed by atoms with Gasteiger partial charge in [0, 0.05) is 18.9 Å². The highest BCUT2D eigenvalue weighted by Gasteiger charge is 2.50. The number of hydrogen-bond acceptors (Lipinski definition) is 11. The Morgan fingerprint density at radius 3 is 1.88 bits per heavy atom. The topological polar surface area (TPSA) is 174 Å². The van der Waals surface area contributed by atoms with Crippen molar-refractivity contribution in [1.82, 2.24) is 9.55 Å². The van der Waals surface area contributed by atoms with Gasteiger partial charge in [-0.25, -0.2) is 4.79 Å². The van der Waals surface area contributed by atoms with Crippen LogP contribution in [0.5, 0.6) is 11.5 Å². The summed E-state index contributed by atoms with van der Waals surface area (Å²) in [7, 11) is 4.53. The molecule has 2 N–H and O–H groups in total. The fourth-order valence-corrected chi connectivity index (χ4v) is 6.61. The van der Waals surface area contributed by atoms with Crippen molar-refractivity contribution in [2.24, 2.45) is 0 Å². The minimum atomic E-state index is -1.28. The number of carboxylic acids is 1. The number of methoxy groups -OCH3 is 3. The molecule has 5 aromatic rings. The van der Waals surface area contributed by atoms with Crippen molar-refractivity contribution in [2.75, 3.05) is 33.3 Å². The first-order chi connectivity index (χ1) is 27.2. The van der Waals surface area contributed by atoms with Crippen molar-refractivity contribution in [1.29, 1.82) is 0 Å². The molecule has 14 nitrogen and oxygen atoms in total. The zero-order valence-corrected chi connectivity index (χ0v) is 30.9. The van der Waals surface area contributed by atoms with E-state index in [0.29, 0.717) is 17.1 Å². The third-order valence-electron chi connectivity index (χ3n) is 9.39. The van der Waals surface area contributed by atoms with Gasteiger partial charge in [0.2, 0.25) is 0 Å². The molecule has 0 spiro atoms. The lowest BCUT2D eigenvalue weighted by atomic mass is 9.80. The number of ether oxygens (including phenoxy) is 6. The van der Waals surface area contributed by atoms with E-state index in [1.165, 1.54) is 23.9 Å². The minimum Gasteiger partial charge on any atom is -0.497 e. The SMILES string of the molecule is COc1ccc(C(OC[C@H]2O[C@@H](n3ccc(NC(=O)c4ccccc4)nc3=O)[C@H](OC)[C@@H]2OC(=O)CCC(=O)O)(c2ccccc2)c2ccc(OC)cc2)cc1. The number of carbonyl (C=O) groups excluding carboxylic acids is 2. The van der Waals surface area contributed by atoms with Crippen LogP contribution < -0.4 is 20.5 Å². The van der Waals surface area contributed by atoms with Gasteiger partial charge in [-0.15, -0.1) is 0 Å². The molecule has 1 fully saturated rings. The molecule has 2 heterocycles. The molecule has 56 heavy (non-hydrogen) atoms. The summed E-state index contributed by atoms with van der Waals surface area (Å²) in [4.78, 5) is 54.8. The second-order valence-electron chi connectivity index (χ2n) is 12.8. The van der Waals surface area contributed by atoms with Gasteiger partial charge in [0.1, 0.15) is 35.1 Å². The van der Waals surface area contributed by atoms with E-state index >= 15 is 0 Å². The Kier molecular flexibility index (Phi) is 12.5. The molecule has 4 atom stereocenters. The summed E-state index contributed by atoms with van der Waals surface area (Å²) in [5, 5.41) is 11.9. The van der Waals surface area contributed by atoms with Gasteiger partial charge in [0.15, 0.2) is 12.3 Å². The Bertz CT molecular complexity index is 2110. The number of esters is 1. The number of rotatable bonds is 16. The van der Waals surface area contributed by atoms with Gasteiger partial charge in [-0.2, -0.15) is 4.98 Å². The maximum Gasteiger partial charge on any atom is 0.351 e. The van der Waals surface area contributed by atoms with Crippen molar-refractivity contribution in [3.63, 3.8) is 0 Å². The molecule has 1 amide bonds. The lowest BCUT2D eigenvalue weighted by Gasteiger charge is -2.37. The Morgan fingerprint density at radius 2 is 1.34 bits per heavy atom. The second kappa shape index (κ2) is 17.9. The third kappa shape index (κ3) is 8.62. The Hall–Kier alpha value is -6.35. The number of carboxylic acid groups (broad SMARTS) is 1. The van der Waals surface area contributed by atoms with Gasteiger partial charge in [0.05, 0.1) is 33.7 Å². The first-order valence-electron chi connectivity index (χ1n) is 17.7. The van der Waals surface area contributed by atoms with Gasteiger partial charge < -0.3 is 38.8 Å². The monoisotopic (exact) mass is 763 g/mol. The van der Waals surface area contributed by atoms with Crippen LogP contribution in [0, 0.1) is 0 Å². The first kappa shape index (κ1) is 39.3. The van der Waals surface area contributed by atoms with Crippen molar-refractivity contribution in [3.05, 3.63) is 154 Å². The zero-order chi connectivity index (χ0) is 39.7. The molecule has 1 aliphatic rings. The van der Waals surface area contributed by atoms with Crippen molar-refractivity contribution in [3.8, 4) is 11.5 Å². The van der Waals surface area contributed by atoms with E-state index in [1.807, 2.05) is 78.9 Å². The summed E-state index contributed by atoms with van der Waals surface area (Å²) in [6.07, 6.45) is -3.96. The molecule has 1 aromatic heterocycles. The highest BCUT2D eigenvalue weighted by Crippen LogP contribution is 2.43. The molecule has 1 saturated heterocycles. The molecule has 6 rings (SSSR count). The van der Waals surface area contributed by atoms with Crippen LogP contribution in [0.15, 0.2) is 126 Å². The lowest BCUT2D eigenvalue weighted by Crippen LogP contribution is -2.42. The molecule has 1 aliphatic heterocycles. The number of aromatic nitrogens is 2. The van der Waals surface area contributed by atoms with E-state index < -0.39 is 66.5 Å². The number of nitrogens with one attached hydrogen (secondary N) is 1. The van der Waals surface area contributed by atoms with Gasteiger partial charge in [-0.1, -0.05) is 72.8 Å². The molecule has 0 saturated carbocycles. The van der Waals surface area contributed by atoms with Crippen LogP contribution in [0.25, 0.3) is 0 Å². The van der Waals surface area contributed by atoms with Crippen LogP contribution in [0.2, 0.25) is 0 Å². The largest absolute Gasteiger partial charge is 0.497 e. The molecule has 14 heteroatoms. The Labute approximate surface area is 322 Å². The average Bonchev–Trinajstić information content (AvgIpc) is 3.57. The molecular formula is C42H41N3O11. The molecule has 0 aliphatic carbocycles. The number of carbonyl (C=O) groups is 3. The van der Waals surface area contributed by atoms with E-state index in [9.17, 15) is 24.3 Å². The maximum absolute atomic E-state index is 13.5. The molecule has 290 valence electrons. The summed E-state index contributed by atoms with van der Waals surface area (Å²) >= 11 is 0. The van der Waals surface area contributed by atoms with Crippen molar-refractivity contribution >= 4 is 23.7 Å². The van der Waals surface area contributed by atoms with Crippen molar-refractivity contribution in [2.45, 2.75) is 43.0 Å². The average molecular weight is 764 g/mol. The number of aliphatic carboxylic acids is 1. The summed E-state index contributed by atoms with van der Waals surface area (Å²) in [6.45, 7) is -0.215. The van der Waals surface area contributed by atoms with E-state index in [-0.39, 0.29) is 12.4 Å². The summed E-state index contributed by atoms with van der Waals surface area (Å²) < 4.78 is 37.3. The van der Waals surface area contributed by atoms with E-state index in [4.69, 9.17) is 28.4 Å². The predicted octanol–water partition coefficient (Wildman–Crippen LogP) is 5.21. The number of nitrogens with zero attached hydrogens (tertiary/aromatic N) is 2. The Balaban J connectivity index is 1.38. The summed E-state index contributed by atoms with van der Waals surface area (Å²) in [5.41, 5.74) is 0.543. The molecule has 0 radical (unpaired) electrons. The van der Waals surface area contributed by atoms with Crippen LogP contribution in [0.3, 0.4) is 0 Å². The predicted molar refractivity (Wildman–Crippen MR) is 203 cm³/mol. The van der Waals surface area contributed by atoms with Gasteiger partial charge in [0.25, 0.3) is 5.91 Å². The van der Waals surface area contributed by atoms with Gasteiger partial charge >= 0.3 is 17.6 Å². The van der Waals surface area contributed by atoms with Crippen LogP contribution in [0.1, 0.15) is 46.1 Å². The van der Waals surface area contributed by atoms with E-state index in [0.717, 1.165) is 16.7 Å². The maximum atomic E-state index is 13.5. The fourth-order valence-electron chi connectivity index (χ4n) is 6.61. The highest BCUT2D eigenvalue weighted by atomic mass is 16.6. The number of benzene rings is 4. The minimum absolute atomic E-state index is 0.00947. The van der Waals surface area contributed by atoms with Crippen LogP contribution in [-0.4, -0.2) is 78.8 Å². The van der Waals surface area contributed by atoms with E-state index in [1.54, 1.807) is 44.6 Å². The number of anilines is 1.